The van der Waals surface area contributed by atoms with Gasteiger partial charge in [-0.1, -0.05) is 18.0 Å². The molecule has 4 rings (SSSR count). The third kappa shape index (κ3) is 3.33. The topological polar surface area (TPSA) is 83.8 Å². The molecule has 0 bridgehead atoms. The van der Waals surface area contributed by atoms with E-state index in [0.29, 0.717) is 11.2 Å². The number of imidazole rings is 1. The maximum absolute atomic E-state index is 11.9. The summed E-state index contributed by atoms with van der Waals surface area (Å²) in [6.45, 7) is 3.86. The largest absolute Gasteiger partial charge is 0.361 e. The van der Waals surface area contributed by atoms with Gasteiger partial charge in [0.25, 0.3) is 0 Å². The van der Waals surface area contributed by atoms with Gasteiger partial charge in [0, 0.05) is 17.9 Å². The Hall–Kier alpha value is -1.64. The molecule has 1 aromatic carbocycles. The number of aromatic amines is 1. The molecular formula is C18H22N4O2S2. The average molecular weight is 391 g/mol. The minimum Gasteiger partial charge on any atom is -0.361 e. The predicted molar refractivity (Wildman–Crippen MR) is 105 cm³/mol. The maximum Gasteiger partial charge on any atom is 0.197 e. The zero-order chi connectivity index (χ0) is 18.3. The van der Waals surface area contributed by atoms with Crippen molar-refractivity contribution in [2.45, 2.75) is 55.6 Å². The van der Waals surface area contributed by atoms with E-state index in [2.05, 4.69) is 25.9 Å². The van der Waals surface area contributed by atoms with Gasteiger partial charge in [-0.3, -0.25) is 8.93 Å². The summed E-state index contributed by atoms with van der Waals surface area (Å²) in [4.78, 5) is 8.80. The monoisotopic (exact) mass is 390 g/mol. The number of nitrogens with one attached hydrogen (secondary N) is 2. The third-order valence-electron chi connectivity index (χ3n) is 4.81. The van der Waals surface area contributed by atoms with Crippen LogP contribution in [0.15, 0.2) is 26.7 Å². The summed E-state index contributed by atoms with van der Waals surface area (Å²) in [6, 6.07) is 4.69. The van der Waals surface area contributed by atoms with Crippen molar-refractivity contribution >= 4 is 33.8 Å². The van der Waals surface area contributed by atoms with E-state index in [1.807, 2.05) is 19.9 Å². The van der Waals surface area contributed by atoms with Gasteiger partial charge in [-0.25, -0.2) is 4.98 Å². The van der Waals surface area contributed by atoms with E-state index in [0.717, 1.165) is 38.5 Å². The van der Waals surface area contributed by atoms with Gasteiger partial charge < -0.3 is 9.51 Å². The first-order valence-electron chi connectivity index (χ1n) is 8.75. The van der Waals surface area contributed by atoms with Gasteiger partial charge in [-0.15, -0.1) is 0 Å². The van der Waals surface area contributed by atoms with Gasteiger partial charge in [0.2, 0.25) is 0 Å². The zero-order valence-electron chi connectivity index (χ0n) is 15.1. The normalized spacial score (nSPS) is 16.6. The minimum atomic E-state index is -1.16. The standard InChI is InChI=1S/C18H22N4O2S2/c1-10-16(11(2)24-21-10)12-8-14-17(20-18(19-14)26(3)23)15(9-12)25-22-13-6-4-5-7-13/h8-9,13,22H,4-7H2,1-3H3,(H,19,20). The molecule has 8 heteroatoms. The summed E-state index contributed by atoms with van der Waals surface area (Å²) in [5.74, 6) is 0.792. The Morgan fingerprint density at radius 3 is 2.73 bits per heavy atom. The van der Waals surface area contributed by atoms with Crippen LogP contribution in [-0.2, 0) is 10.8 Å². The molecule has 2 heterocycles. The van der Waals surface area contributed by atoms with Crippen LogP contribution in [-0.4, -0.2) is 31.6 Å². The van der Waals surface area contributed by atoms with E-state index < -0.39 is 10.8 Å². The lowest BCUT2D eigenvalue weighted by Crippen LogP contribution is -2.18. The molecule has 1 aliphatic carbocycles. The van der Waals surface area contributed by atoms with Crippen molar-refractivity contribution in [3.8, 4) is 11.1 Å². The lowest BCUT2D eigenvalue weighted by molar-refractivity contribution is 0.393. The Morgan fingerprint density at radius 2 is 2.08 bits per heavy atom. The van der Waals surface area contributed by atoms with Crippen molar-refractivity contribution in [1.29, 1.82) is 0 Å². The number of aryl methyl sites for hydroxylation is 2. The van der Waals surface area contributed by atoms with Crippen LogP contribution in [0, 0.1) is 13.8 Å². The maximum atomic E-state index is 11.9. The lowest BCUT2D eigenvalue weighted by atomic mass is 10.0. The fourth-order valence-electron chi connectivity index (χ4n) is 3.51. The first kappa shape index (κ1) is 17.8. The highest BCUT2D eigenvalue weighted by atomic mass is 32.2. The van der Waals surface area contributed by atoms with Gasteiger partial charge in [-0.05, 0) is 56.3 Å². The highest BCUT2D eigenvalue weighted by molar-refractivity contribution is 7.97. The summed E-state index contributed by atoms with van der Waals surface area (Å²) in [6.07, 6.45) is 6.63. The first-order chi connectivity index (χ1) is 12.5. The van der Waals surface area contributed by atoms with E-state index in [9.17, 15) is 4.21 Å². The van der Waals surface area contributed by atoms with Crippen molar-refractivity contribution in [2.75, 3.05) is 6.26 Å². The number of nitrogens with zero attached hydrogens (tertiary/aromatic N) is 2. The molecule has 2 aromatic heterocycles. The average Bonchev–Trinajstić information content (AvgIpc) is 3.32. The Labute approximate surface area is 159 Å². The number of rotatable bonds is 5. The Balaban J connectivity index is 1.79. The van der Waals surface area contributed by atoms with Crippen LogP contribution in [0.2, 0.25) is 0 Å². The molecule has 0 spiro atoms. The molecular weight excluding hydrogens is 368 g/mol. The molecule has 1 unspecified atom stereocenters. The first-order valence-corrected chi connectivity index (χ1v) is 11.1. The fraction of sp³-hybridized carbons (Fsp3) is 0.444. The highest BCUT2D eigenvalue weighted by Gasteiger charge is 2.19. The second kappa shape index (κ2) is 7.17. The van der Waals surface area contributed by atoms with Gasteiger partial charge in [0.1, 0.15) is 11.3 Å². The molecule has 1 fully saturated rings. The number of fused-ring (bicyclic) bond motifs is 1. The Bertz CT molecular complexity index is 954. The number of hydrogen-bond donors (Lipinski definition) is 2. The molecule has 26 heavy (non-hydrogen) atoms. The molecule has 3 aromatic rings. The number of H-pyrrole nitrogens is 1. The van der Waals surface area contributed by atoms with E-state index in [-0.39, 0.29) is 0 Å². The minimum absolute atomic E-state index is 0.499. The second-order valence-corrected chi connectivity index (χ2v) is 8.94. The van der Waals surface area contributed by atoms with Crippen LogP contribution in [0.3, 0.4) is 0 Å². The van der Waals surface area contributed by atoms with Crippen molar-refractivity contribution in [3.05, 3.63) is 23.6 Å². The zero-order valence-corrected chi connectivity index (χ0v) is 16.7. The number of benzene rings is 1. The van der Waals surface area contributed by atoms with Crippen LogP contribution in [0.4, 0.5) is 0 Å². The Kier molecular flexibility index (Phi) is 4.90. The summed E-state index contributed by atoms with van der Waals surface area (Å²) in [5, 5.41) is 4.57. The molecule has 1 aliphatic rings. The summed E-state index contributed by atoms with van der Waals surface area (Å²) in [5.41, 5.74) is 4.62. The van der Waals surface area contributed by atoms with Crippen LogP contribution in [0.25, 0.3) is 22.2 Å². The van der Waals surface area contributed by atoms with Gasteiger partial charge in [0.05, 0.1) is 26.9 Å². The van der Waals surface area contributed by atoms with Gasteiger partial charge in [-0.2, -0.15) is 0 Å². The SMILES string of the molecule is Cc1noc(C)c1-c1cc(SNC2CCCC2)c2nc(S(C)=O)[nH]c2c1. The van der Waals surface area contributed by atoms with Crippen LogP contribution in [0.5, 0.6) is 0 Å². The smallest absolute Gasteiger partial charge is 0.197 e. The molecule has 0 saturated heterocycles. The van der Waals surface area contributed by atoms with Crippen LogP contribution >= 0.6 is 11.9 Å². The van der Waals surface area contributed by atoms with E-state index in [1.165, 1.54) is 25.7 Å². The predicted octanol–water partition coefficient (Wildman–Crippen LogP) is 4.11. The number of hydrogen-bond acceptors (Lipinski definition) is 6. The third-order valence-corrected chi connectivity index (χ3v) is 6.54. The number of aromatic nitrogens is 3. The molecule has 0 radical (unpaired) electrons. The molecule has 1 saturated carbocycles. The second-order valence-electron chi connectivity index (χ2n) is 6.77. The summed E-state index contributed by atoms with van der Waals surface area (Å²) >= 11 is 1.61. The lowest BCUT2D eigenvalue weighted by Gasteiger charge is -2.12. The fourth-order valence-corrected chi connectivity index (χ4v) is 4.95. The molecule has 138 valence electrons. The molecule has 1 atom stereocenters. The van der Waals surface area contributed by atoms with Crippen LogP contribution in [0.1, 0.15) is 37.1 Å². The molecule has 2 N–H and O–H groups in total. The van der Waals surface area contributed by atoms with Crippen LogP contribution < -0.4 is 4.72 Å². The van der Waals surface area contributed by atoms with E-state index in [4.69, 9.17) is 4.52 Å². The summed E-state index contributed by atoms with van der Waals surface area (Å²) < 4.78 is 20.8. The van der Waals surface area contributed by atoms with Crippen molar-refractivity contribution in [1.82, 2.24) is 19.8 Å². The Morgan fingerprint density at radius 1 is 1.31 bits per heavy atom. The van der Waals surface area contributed by atoms with Crippen molar-refractivity contribution in [3.63, 3.8) is 0 Å². The quantitative estimate of drug-likeness (QED) is 0.638. The van der Waals surface area contributed by atoms with Gasteiger partial charge in [0.15, 0.2) is 5.16 Å². The summed E-state index contributed by atoms with van der Waals surface area (Å²) in [7, 11) is -1.16. The highest BCUT2D eigenvalue weighted by Crippen LogP contribution is 2.35. The van der Waals surface area contributed by atoms with Crippen molar-refractivity contribution < 1.29 is 8.73 Å². The van der Waals surface area contributed by atoms with Crippen molar-refractivity contribution in [2.24, 2.45) is 0 Å². The van der Waals surface area contributed by atoms with E-state index >= 15 is 0 Å². The van der Waals surface area contributed by atoms with Gasteiger partial charge >= 0.3 is 0 Å². The molecule has 0 amide bonds. The van der Waals surface area contributed by atoms with E-state index in [1.54, 1.807) is 18.2 Å². The molecule has 0 aliphatic heterocycles. The molecule has 6 nitrogen and oxygen atoms in total.